The predicted octanol–water partition coefficient (Wildman–Crippen LogP) is 4.04. The van der Waals surface area contributed by atoms with Crippen LogP contribution in [0.2, 0.25) is 0 Å². The topological polar surface area (TPSA) is 12.0 Å². The number of nitrogens with one attached hydrogen (secondary N) is 1. The number of unbranched alkanes of at least 4 members (excludes halogenated alkanes) is 1. The van der Waals surface area contributed by atoms with E-state index in [-0.39, 0.29) is 11.9 Å². The van der Waals surface area contributed by atoms with Crippen LogP contribution < -0.4 is 5.32 Å². The Kier molecular flexibility index (Phi) is 5.26. The number of hydrogen-bond donors (Lipinski definition) is 1. The molecule has 1 N–H and O–H groups in total. The van der Waals surface area contributed by atoms with Crippen LogP contribution >= 0.6 is 15.9 Å². The molecule has 0 aliphatic rings. The summed E-state index contributed by atoms with van der Waals surface area (Å²) in [5, 5.41) is 3.22. The SMILES string of the molecule is CCCCC(NC)c1cc(F)ccc1Br. The van der Waals surface area contributed by atoms with Gasteiger partial charge in [0.15, 0.2) is 0 Å². The molecule has 1 aromatic carbocycles. The van der Waals surface area contributed by atoms with E-state index in [1.807, 2.05) is 7.05 Å². The van der Waals surface area contributed by atoms with E-state index in [1.54, 1.807) is 12.1 Å². The van der Waals surface area contributed by atoms with Gasteiger partial charge in [0, 0.05) is 10.5 Å². The zero-order valence-electron chi connectivity index (χ0n) is 9.19. The molecule has 0 amide bonds. The molecular weight excluding hydrogens is 257 g/mol. The summed E-state index contributed by atoms with van der Waals surface area (Å²) in [6.07, 6.45) is 3.34. The number of rotatable bonds is 5. The lowest BCUT2D eigenvalue weighted by atomic mass is 10.0. The predicted molar refractivity (Wildman–Crippen MR) is 65.4 cm³/mol. The Morgan fingerprint density at radius 3 is 2.80 bits per heavy atom. The average molecular weight is 274 g/mol. The van der Waals surface area contributed by atoms with Gasteiger partial charge in [-0.1, -0.05) is 35.7 Å². The van der Waals surface area contributed by atoms with E-state index in [4.69, 9.17) is 0 Å². The summed E-state index contributed by atoms with van der Waals surface area (Å²) in [5.41, 5.74) is 1.01. The fraction of sp³-hybridized carbons (Fsp3) is 0.500. The Morgan fingerprint density at radius 2 is 2.20 bits per heavy atom. The molecule has 0 aliphatic heterocycles. The van der Waals surface area contributed by atoms with Crippen molar-refractivity contribution in [2.45, 2.75) is 32.2 Å². The minimum atomic E-state index is -0.176. The molecule has 0 saturated heterocycles. The van der Waals surface area contributed by atoms with Gasteiger partial charge in [-0.2, -0.15) is 0 Å². The molecule has 1 nitrogen and oxygen atoms in total. The normalized spacial score (nSPS) is 12.8. The first kappa shape index (κ1) is 12.7. The van der Waals surface area contributed by atoms with Gasteiger partial charge < -0.3 is 5.32 Å². The van der Waals surface area contributed by atoms with E-state index in [9.17, 15) is 4.39 Å². The van der Waals surface area contributed by atoms with E-state index in [2.05, 4.69) is 28.2 Å². The van der Waals surface area contributed by atoms with E-state index in [0.29, 0.717) is 0 Å². The van der Waals surface area contributed by atoms with Crippen LogP contribution in [0.1, 0.15) is 37.8 Å². The summed E-state index contributed by atoms with van der Waals surface area (Å²) in [6.45, 7) is 2.16. The van der Waals surface area contributed by atoms with Crippen molar-refractivity contribution in [2.24, 2.45) is 0 Å². The smallest absolute Gasteiger partial charge is 0.123 e. The molecule has 15 heavy (non-hydrogen) atoms. The Bertz CT molecular complexity index is 314. The molecule has 1 atom stereocenters. The maximum absolute atomic E-state index is 13.1. The lowest BCUT2D eigenvalue weighted by Gasteiger charge is -2.17. The third-order valence-electron chi connectivity index (χ3n) is 2.53. The van der Waals surface area contributed by atoms with Crippen LogP contribution in [0.15, 0.2) is 22.7 Å². The van der Waals surface area contributed by atoms with Crippen molar-refractivity contribution in [3.8, 4) is 0 Å². The van der Waals surface area contributed by atoms with E-state index < -0.39 is 0 Å². The molecule has 0 aromatic heterocycles. The largest absolute Gasteiger partial charge is 0.313 e. The molecule has 0 aliphatic carbocycles. The maximum Gasteiger partial charge on any atom is 0.123 e. The molecule has 1 unspecified atom stereocenters. The summed E-state index contributed by atoms with van der Waals surface area (Å²) in [7, 11) is 1.91. The molecule has 0 bridgehead atoms. The average Bonchev–Trinajstić information content (AvgIpc) is 2.24. The third-order valence-corrected chi connectivity index (χ3v) is 3.25. The second-order valence-electron chi connectivity index (χ2n) is 3.65. The first-order chi connectivity index (χ1) is 7.19. The second-order valence-corrected chi connectivity index (χ2v) is 4.50. The number of halogens is 2. The first-order valence-electron chi connectivity index (χ1n) is 5.31. The van der Waals surface area contributed by atoms with E-state index >= 15 is 0 Å². The van der Waals surface area contributed by atoms with Crippen LogP contribution in [0.25, 0.3) is 0 Å². The second kappa shape index (κ2) is 6.23. The molecule has 0 spiro atoms. The Labute approximate surface area is 99.2 Å². The third kappa shape index (κ3) is 3.58. The van der Waals surface area contributed by atoms with Crippen molar-refractivity contribution < 1.29 is 4.39 Å². The van der Waals surface area contributed by atoms with E-state index in [1.165, 1.54) is 6.07 Å². The van der Waals surface area contributed by atoms with Gasteiger partial charge in [0.2, 0.25) is 0 Å². The zero-order chi connectivity index (χ0) is 11.3. The maximum atomic E-state index is 13.1. The summed E-state index contributed by atoms with van der Waals surface area (Å²) in [6, 6.07) is 5.07. The monoisotopic (exact) mass is 273 g/mol. The van der Waals surface area contributed by atoms with Gasteiger partial charge in [-0.05, 0) is 37.2 Å². The van der Waals surface area contributed by atoms with Gasteiger partial charge >= 0.3 is 0 Å². The van der Waals surface area contributed by atoms with Crippen molar-refractivity contribution >= 4 is 15.9 Å². The lowest BCUT2D eigenvalue weighted by Crippen LogP contribution is -2.16. The van der Waals surface area contributed by atoms with Gasteiger partial charge in [0.05, 0.1) is 0 Å². The fourth-order valence-electron chi connectivity index (χ4n) is 1.65. The van der Waals surface area contributed by atoms with Crippen LogP contribution in [0.5, 0.6) is 0 Å². The molecule has 0 heterocycles. The van der Waals surface area contributed by atoms with Gasteiger partial charge in [0.1, 0.15) is 5.82 Å². The van der Waals surface area contributed by atoms with Crippen LogP contribution in [0.3, 0.4) is 0 Å². The first-order valence-corrected chi connectivity index (χ1v) is 6.10. The highest BCUT2D eigenvalue weighted by molar-refractivity contribution is 9.10. The molecule has 1 aromatic rings. The molecule has 84 valence electrons. The lowest BCUT2D eigenvalue weighted by molar-refractivity contribution is 0.516. The Hall–Kier alpha value is -0.410. The molecule has 0 saturated carbocycles. The summed E-state index contributed by atoms with van der Waals surface area (Å²) >= 11 is 3.46. The summed E-state index contributed by atoms with van der Waals surface area (Å²) in [4.78, 5) is 0. The minimum absolute atomic E-state index is 0.176. The molecular formula is C12H17BrFN. The van der Waals surface area contributed by atoms with Gasteiger partial charge in [0.25, 0.3) is 0 Å². The van der Waals surface area contributed by atoms with Gasteiger partial charge in [-0.25, -0.2) is 4.39 Å². The number of hydrogen-bond acceptors (Lipinski definition) is 1. The van der Waals surface area contributed by atoms with Crippen LogP contribution in [0, 0.1) is 5.82 Å². The fourth-order valence-corrected chi connectivity index (χ4v) is 2.17. The Morgan fingerprint density at radius 1 is 1.47 bits per heavy atom. The Balaban J connectivity index is 2.85. The highest BCUT2D eigenvalue weighted by Gasteiger charge is 2.12. The van der Waals surface area contributed by atoms with Gasteiger partial charge in [-0.15, -0.1) is 0 Å². The number of benzene rings is 1. The zero-order valence-corrected chi connectivity index (χ0v) is 10.8. The molecule has 0 fully saturated rings. The van der Waals surface area contributed by atoms with Crippen molar-refractivity contribution in [1.82, 2.24) is 5.32 Å². The van der Waals surface area contributed by atoms with Crippen molar-refractivity contribution in [2.75, 3.05) is 7.05 Å². The summed E-state index contributed by atoms with van der Waals surface area (Å²) < 4.78 is 14.1. The quantitative estimate of drug-likeness (QED) is 0.854. The molecule has 0 radical (unpaired) electrons. The minimum Gasteiger partial charge on any atom is -0.313 e. The van der Waals surface area contributed by atoms with Crippen LogP contribution in [-0.4, -0.2) is 7.05 Å². The van der Waals surface area contributed by atoms with Crippen LogP contribution in [-0.2, 0) is 0 Å². The highest BCUT2D eigenvalue weighted by Crippen LogP contribution is 2.27. The molecule has 1 rings (SSSR count). The standard InChI is InChI=1S/C12H17BrFN/c1-3-4-5-12(15-2)10-8-9(14)6-7-11(10)13/h6-8,12,15H,3-5H2,1-2H3. The van der Waals surface area contributed by atoms with Crippen molar-refractivity contribution in [3.05, 3.63) is 34.1 Å². The van der Waals surface area contributed by atoms with E-state index in [0.717, 1.165) is 29.3 Å². The van der Waals surface area contributed by atoms with Crippen molar-refractivity contribution in [3.63, 3.8) is 0 Å². The van der Waals surface area contributed by atoms with Gasteiger partial charge in [-0.3, -0.25) is 0 Å². The van der Waals surface area contributed by atoms with Crippen molar-refractivity contribution in [1.29, 1.82) is 0 Å². The summed E-state index contributed by atoms with van der Waals surface area (Å²) in [5.74, 6) is -0.176. The molecule has 3 heteroatoms. The van der Waals surface area contributed by atoms with Crippen LogP contribution in [0.4, 0.5) is 4.39 Å². The highest BCUT2D eigenvalue weighted by atomic mass is 79.9.